The van der Waals surface area contributed by atoms with Gasteiger partial charge in [0.2, 0.25) is 11.8 Å². The molecule has 2 atom stereocenters. The number of hydrogen-bond acceptors (Lipinski definition) is 4. The van der Waals surface area contributed by atoms with E-state index in [4.69, 9.17) is 5.73 Å². The molecule has 0 saturated heterocycles. The number of likely N-dealkylation sites (N-methyl/N-ethyl adjacent to an activating group) is 1. The molecule has 2 rings (SSSR count). The van der Waals surface area contributed by atoms with Gasteiger partial charge in [0.25, 0.3) is 5.91 Å². The maximum Gasteiger partial charge on any atom is 0.251 e. The van der Waals surface area contributed by atoms with Crippen LogP contribution in [0, 0.1) is 5.92 Å². The molecule has 2 aromatic carbocycles. The van der Waals surface area contributed by atoms with Crippen molar-refractivity contribution in [3.63, 3.8) is 0 Å². The van der Waals surface area contributed by atoms with Gasteiger partial charge in [-0.1, -0.05) is 56.7 Å². The fourth-order valence-electron chi connectivity index (χ4n) is 3.88. The van der Waals surface area contributed by atoms with Crippen LogP contribution in [0.25, 0.3) is 11.1 Å². The minimum Gasteiger partial charge on any atom is -0.351 e. The van der Waals surface area contributed by atoms with E-state index in [0.717, 1.165) is 30.4 Å². The van der Waals surface area contributed by atoms with Crippen LogP contribution in [-0.2, 0) is 16.0 Å². The van der Waals surface area contributed by atoms with Gasteiger partial charge in [-0.25, -0.2) is 0 Å². The van der Waals surface area contributed by atoms with Crippen molar-refractivity contribution >= 4 is 17.7 Å². The number of hydrogen-bond donors (Lipinski definition) is 3. The predicted molar refractivity (Wildman–Crippen MR) is 146 cm³/mol. The van der Waals surface area contributed by atoms with Crippen LogP contribution in [0.5, 0.6) is 0 Å². The van der Waals surface area contributed by atoms with Crippen LogP contribution >= 0.6 is 0 Å². The SMILES string of the molecule is CCCCc1ccc(-c2ccc(C(=O)NC[C@@H](C)C(=O)N[C@@H](CCCCN)C(=O)N(C)C)cc2)cc1. The molecule has 4 N–H and O–H groups in total. The third-order valence-electron chi connectivity index (χ3n) is 6.27. The van der Waals surface area contributed by atoms with Crippen LogP contribution in [0.1, 0.15) is 61.9 Å². The Labute approximate surface area is 215 Å². The predicted octanol–water partition coefficient (Wildman–Crippen LogP) is 3.76. The third-order valence-corrected chi connectivity index (χ3v) is 6.27. The lowest BCUT2D eigenvalue weighted by Gasteiger charge is -2.23. The molecule has 7 heteroatoms. The van der Waals surface area contributed by atoms with Crippen molar-refractivity contribution in [1.82, 2.24) is 15.5 Å². The number of nitrogens with one attached hydrogen (secondary N) is 2. The zero-order valence-electron chi connectivity index (χ0n) is 22.2. The second-order valence-electron chi connectivity index (χ2n) is 9.57. The molecule has 7 nitrogen and oxygen atoms in total. The highest BCUT2D eigenvalue weighted by Crippen LogP contribution is 2.21. The van der Waals surface area contributed by atoms with Crippen molar-refractivity contribution in [2.75, 3.05) is 27.2 Å². The molecule has 0 aliphatic heterocycles. The van der Waals surface area contributed by atoms with E-state index in [0.29, 0.717) is 18.5 Å². The molecule has 0 aliphatic rings. The molecule has 0 aliphatic carbocycles. The zero-order valence-corrected chi connectivity index (χ0v) is 22.2. The van der Waals surface area contributed by atoms with Gasteiger partial charge in [-0.3, -0.25) is 14.4 Å². The lowest BCUT2D eigenvalue weighted by Crippen LogP contribution is -2.49. The minimum atomic E-state index is -0.592. The van der Waals surface area contributed by atoms with Gasteiger partial charge in [0.15, 0.2) is 0 Å². The van der Waals surface area contributed by atoms with Gasteiger partial charge in [-0.2, -0.15) is 0 Å². The maximum absolute atomic E-state index is 12.7. The van der Waals surface area contributed by atoms with Gasteiger partial charge in [0, 0.05) is 26.2 Å². The Morgan fingerprint density at radius 2 is 1.53 bits per heavy atom. The van der Waals surface area contributed by atoms with Gasteiger partial charge < -0.3 is 21.3 Å². The Balaban J connectivity index is 1.90. The highest BCUT2D eigenvalue weighted by Gasteiger charge is 2.24. The van der Waals surface area contributed by atoms with Crippen molar-refractivity contribution in [1.29, 1.82) is 0 Å². The van der Waals surface area contributed by atoms with E-state index in [1.54, 1.807) is 33.2 Å². The summed E-state index contributed by atoms with van der Waals surface area (Å²) in [6.45, 7) is 4.65. The van der Waals surface area contributed by atoms with Crippen LogP contribution in [0.4, 0.5) is 0 Å². The molecule has 0 heterocycles. The summed E-state index contributed by atoms with van der Waals surface area (Å²) in [5.41, 5.74) is 9.58. The van der Waals surface area contributed by atoms with Gasteiger partial charge in [0.05, 0.1) is 5.92 Å². The Morgan fingerprint density at radius 3 is 2.08 bits per heavy atom. The molecule has 2 aromatic rings. The van der Waals surface area contributed by atoms with E-state index in [1.165, 1.54) is 23.3 Å². The number of amides is 3. The topological polar surface area (TPSA) is 105 Å². The monoisotopic (exact) mass is 494 g/mol. The summed E-state index contributed by atoms with van der Waals surface area (Å²) in [6, 6.07) is 15.4. The fraction of sp³-hybridized carbons (Fsp3) is 0.483. The molecule has 0 unspecified atom stereocenters. The maximum atomic E-state index is 12.7. The molecule has 0 spiro atoms. The highest BCUT2D eigenvalue weighted by molar-refractivity contribution is 5.95. The molecule has 36 heavy (non-hydrogen) atoms. The van der Waals surface area contributed by atoms with Crippen LogP contribution in [0.15, 0.2) is 48.5 Å². The Bertz CT molecular complexity index is 971. The quantitative estimate of drug-likeness (QED) is 0.348. The molecule has 0 radical (unpaired) electrons. The van der Waals surface area contributed by atoms with E-state index in [9.17, 15) is 14.4 Å². The summed E-state index contributed by atoms with van der Waals surface area (Å²) in [6.07, 6.45) is 5.54. The first kappa shape index (κ1) is 29.0. The molecule has 196 valence electrons. The average molecular weight is 495 g/mol. The Hall–Kier alpha value is -3.19. The number of nitrogens with two attached hydrogens (primary N) is 1. The summed E-state index contributed by atoms with van der Waals surface area (Å²) in [5, 5.41) is 5.67. The second kappa shape index (κ2) is 15.0. The van der Waals surface area contributed by atoms with Crippen molar-refractivity contribution in [3.8, 4) is 11.1 Å². The van der Waals surface area contributed by atoms with E-state index in [-0.39, 0.29) is 24.3 Å². The van der Waals surface area contributed by atoms with Gasteiger partial charge >= 0.3 is 0 Å². The molecule has 0 fully saturated rings. The second-order valence-corrected chi connectivity index (χ2v) is 9.57. The van der Waals surface area contributed by atoms with Crippen molar-refractivity contribution in [2.24, 2.45) is 11.7 Å². The van der Waals surface area contributed by atoms with E-state index in [1.807, 2.05) is 12.1 Å². The molecule has 3 amide bonds. The normalized spacial score (nSPS) is 12.5. The number of carbonyl (C=O) groups excluding carboxylic acids is 3. The number of benzene rings is 2. The van der Waals surface area contributed by atoms with Crippen molar-refractivity contribution in [3.05, 3.63) is 59.7 Å². The van der Waals surface area contributed by atoms with Crippen molar-refractivity contribution in [2.45, 2.75) is 58.4 Å². The Morgan fingerprint density at radius 1 is 0.917 bits per heavy atom. The van der Waals surface area contributed by atoms with Crippen LogP contribution < -0.4 is 16.4 Å². The molecular formula is C29H42N4O3. The van der Waals surface area contributed by atoms with E-state index in [2.05, 4.69) is 41.8 Å². The molecule has 0 aromatic heterocycles. The fourth-order valence-corrected chi connectivity index (χ4v) is 3.88. The van der Waals surface area contributed by atoms with Gasteiger partial charge in [-0.05, 0) is 67.5 Å². The molecule has 0 bridgehead atoms. The van der Waals surface area contributed by atoms with Gasteiger partial charge in [-0.15, -0.1) is 0 Å². The number of unbranched alkanes of at least 4 members (excludes halogenated alkanes) is 2. The number of nitrogens with zero attached hydrogens (tertiary/aromatic N) is 1. The smallest absolute Gasteiger partial charge is 0.251 e. The largest absolute Gasteiger partial charge is 0.351 e. The number of aryl methyl sites for hydroxylation is 1. The first-order valence-electron chi connectivity index (χ1n) is 13.0. The lowest BCUT2D eigenvalue weighted by atomic mass is 10.0. The third kappa shape index (κ3) is 9.11. The van der Waals surface area contributed by atoms with E-state index >= 15 is 0 Å². The number of rotatable bonds is 14. The summed E-state index contributed by atoms with van der Waals surface area (Å²) in [4.78, 5) is 39.3. The average Bonchev–Trinajstić information content (AvgIpc) is 2.89. The number of carbonyl (C=O) groups is 3. The van der Waals surface area contributed by atoms with Gasteiger partial charge in [0.1, 0.15) is 6.04 Å². The van der Waals surface area contributed by atoms with Crippen LogP contribution in [-0.4, -0.2) is 55.8 Å². The van der Waals surface area contributed by atoms with Crippen LogP contribution in [0.2, 0.25) is 0 Å². The molecular weight excluding hydrogens is 452 g/mol. The van der Waals surface area contributed by atoms with Crippen LogP contribution in [0.3, 0.4) is 0 Å². The lowest BCUT2D eigenvalue weighted by molar-refractivity contribution is -0.135. The zero-order chi connectivity index (χ0) is 26.5. The summed E-state index contributed by atoms with van der Waals surface area (Å²) in [5.74, 6) is -1.13. The molecule has 0 saturated carbocycles. The first-order chi connectivity index (χ1) is 17.3. The van der Waals surface area contributed by atoms with E-state index < -0.39 is 12.0 Å². The Kier molecular flexibility index (Phi) is 12.1. The summed E-state index contributed by atoms with van der Waals surface area (Å²) < 4.78 is 0. The first-order valence-corrected chi connectivity index (χ1v) is 13.0. The standard InChI is InChI=1S/C29H42N4O3/c1-5-6-9-22-11-13-23(14-12-22)24-15-17-25(18-16-24)28(35)31-20-21(2)27(34)32-26(10-7-8-19-30)29(36)33(3)4/h11-18,21,26H,5-10,19-20,30H2,1-4H3,(H,31,35)(H,32,34)/t21-,26+/m1/s1. The minimum absolute atomic E-state index is 0.146. The van der Waals surface area contributed by atoms with Crippen molar-refractivity contribution < 1.29 is 14.4 Å². The summed E-state index contributed by atoms with van der Waals surface area (Å²) in [7, 11) is 3.34. The highest BCUT2D eigenvalue weighted by atomic mass is 16.2. The summed E-state index contributed by atoms with van der Waals surface area (Å²) >= 11 is 0.